The summed E-state index contributed by atoms with van der Waals surface area (Å²) in [4.78, 5) is 35.6. The van der Waals surface area contributed by atoms with Gasteiger partial charge in [-0.1, -0.05) is 55.4 Å². The number of hydrogen-bond donors (Lipinski definition) is 2. The standard InChI is InChI=1S/C29H42N4O9/c1-17(2)13-39-25-11-27(41-15-19(5)6)23(32(35)36)9-21(25)30-29(34)31-22-10-24(33(37)38)28(42-16-20(7)8)12-26(22)40-14-18(3)4/h9-12,17-20H,13-16H2,1-8H3,(H2,30,31,34). The number of urea groups is 1. The largest absolute Gasteiger partial charge is 0.491 e. The first kappa shape index (κ1) is 33.9. The second-order valence-corrected chi connectivity index (χ2v) is 11.5. The van der Waals surface area contributed by atoms with E-state index in [1.54, 1.807) is 0 Å². The Morgan fingerprint density at radius 3 is 1.14 bits per heavy atom. The third-order valence-electron chi connectivity index (χ3n) is 5.30. The van der Waals surface area contributed by atoms with Gasteiger partial charge in [-0.25, -0.2) is 4.79 Å². The van der Waals surface area contributed by atoms with E-state index in [0.717, 1.165) is 12.1 Å². The van der Waals surface area contributed by atoms with Crippen molar-refractivity contribution in [3.05, 3.63) is 44.5 Å². The maximum atomic E-state index is 13.2. The number of rotatable bonds is 16. The van der Waals surface area contributed by atoms with Crippen molar-refractivity contribution in [1.29, 1.82) is 0 Å². The number of nitrogens with zero attached hydrogens (tertiary/aromatic N) is 2. The molecule has 0 radical (unpaired) electrons. The molecule has 0 unspecified atom stereocenters. The monoisotopic (exact) mass is 590 g/mol. The molecule has 232 valence electrons. The molecule has 42 heavy (non-hydrogen) atoms. The van der Waals surface area contributed by atoms with Crippen LogP contribution in [0.4, 0.5) is 27.5 Å². The smallest absolute Gasteiger partial charge is 0.323 e. The maximum absolute atomic E-state index is 13.2. The van der Waals surface area contributed by atoms with Crippen molar-refractivity contribution in [2.75, 3.05) is 37.1 Å². The Hall–Kier alpha value is -4.29. The summed E-state index contributed by atoms with van der Waals surface area (Å²) in [5.41, 5.74) is -0.669. The number of nitro benzene ring substituents is 2. The van der Waals surface area contributed by atoms with Crippen LogP contribution in [0.2, 0.25) is 0 Å². The second kappa shape index (κ2) is 15.6. The number of benzene rings is 2. The molecule has 2 N–H and O–H groups in total. The number of hydrogen-bond acceptors (Lipinski definition) is 9. The molecule has 0 aromatic heterocycles. The van der Waals surface area contributed by atoms with Crippen LogP contribution in [0.3, 0.4) is 0 Å². The summed E-state index contributed by atoms with van der Waals surface area (Å²) in [6.45, 7) is 16.4. The van der Waals surface area contributed by atoms with Crippen LogP contribution in [0.25, 0.3) is 0 Å². The predicted octanol–water partition coefficient (Wildman–Crippen LogP) is 7.29. The highest BCUT2D eigenvalue weighted by Crippen LogP contribution is 2.40. The molecule has 2 aromatic carbocycles. The molecule has 2 aromatic rings. The molecule has 0 saturated carbocycles. The molecule has 2 amide bonds. The van der Waals surface area contributed by atoms with Crippen LogP contribution in [-0.2, 0) is 0 Å². The summed E-state index contributed by atoms with van der Waals surface area (Å²) in [5.74, 6) is 0.841. The SMILES string of the molecule is CC(C)COc1cc(OCC(C)C)c([N+](=O)[O-])cc1NC(=O)Nc1cc([N+](=O)[O-])c(OCC(C)C)cc1OCC(C)C. The lowest BCUT2D eigenvalue weighted by atomic mass is 10.2. The fourth-order valence-corrected chi connectivity index (χ4v) is 3.35. The van der Waals surface area contributed by atoms with Crippen LogP contribution in [0, 0.1) is 43.9 Å². The fraction of sp³-hybridized carbons (Fsp3) is 0.552. The topological polar surface area (TPSA) is 164 Å². The minimum absolute atomic E-state index is 0.00963. The summed E-state index contributed by atoms with van der Waals surface area (Å²) in [7, 11) is 0. The molecule has 13 nitrogen and oxygen atoms in total. The normalized spacial score (nSPS) is 11.1. The van der Waals surface area contributed by atoms with E-state index in [-0.39, 0.29) is 95.8 Å². The average Bonchev–Trinajstić information content (AvgIpc) is 2.88. The number of carbonyl (C=O) groups excluding carboxylic acids is 1. The predicted molar refractivity (Wildman–Crippen MR) is 160 cm³/mol. The van der Waals surface area contributed by atoms with Gasteiger partial charge in [0.2, 0.25) is 11.5 Å². The summed E-state index contributed by atoms with van der Waals surface area (Å²) in [5, 5.41) is 28.8. The Labute approximate surface area is 246 Å². The van der Waals surface area contributed by atoms with Crippen LogP contribution in [-0.4, -0.2) is 42.3 Å². The number of anilines is 2. The number of carbonyl (C=O) groups is 1. The van der Waals surface area contributed by atoms with Crippen molar-refractivity contribution in [2.45, 2.75) is 55.4 Å². The van der Waals surface area contributed by atoms with Gasteiger partial charge in [-0.2, -0.15) is 0 Å². The van der Waals surface area contributed by atoms with Crippen molar-refractivity contribution in [3.63, 3.8) is 0 Å². The molecule has 0 bridgehead atoms. The summed E-state index contributed by atoms with van der Waals surface area (Å²) >= 11 is 0. The van der Waals surface area contributed by atoms with Gasteiger partial charge >= 0.3 is 17.4 Å². The average molecular weight is 591 g/mol. The molecule has 13 heteroatoms. The van der Waals surface area contributed by atoms with Crippen LogP contribution in [0.15, 0.2) is 24.3 Å². The minimum Gasteiger partial charge on any atom is -0.491 e. The van der Waals surface area contributed by atoms with E-state index in [4.69, 9.17) is 18.9 Å². The van der Waals surface area contributed by atoms with Gasteiger partial charge < -0.3 is 29.6 Å². The van der Waals surface area contributed by atoms with E-state index in [1.165, 1.54) is 12.1 Å². The van der Waals surface area contributed by atoms with E-state index in [1.807, 2.05) is 55.4 Å². The van der Waals surface area contributed by atoms with E-state index < -0.39 is 15.9 Å². The summed E-state index contributed by atoms with van der Waals surface area (Å²) < 4.78 is 23.0. The molecule has 0 aliphatic rings. The summed E-state index contributed by atoms with van der Waals surface area (Å²) in [6.07, 6.45) is 0. The minimum atomic E-state index is -0.825. The van der Waals surface area contributed by atoms with Crippen molar-refractivity contribution < 1.29 is 33.6 Å². The van der Waals surface area contributed by atoms with Crippen molar-refractivity contribution in [1.82, 2.24) is 0 Å². The van der Waals surface area contributed by atoms with Crippen LogP contribution >= 0.6 is 0 Å². The molecule has 2 rings (SSSR count). The van der Waals surface area contributed by atoms with Crippen LogP contribution < -0.4 is 29.6 Å². The molecule has 0 saturated heterocycles. The number of amides is 2. The molecule has 0 aliphatic heterocycles. The van der Waals surface area contributed by atoms with E-state index in [0.29, 0.717) is 0 Å². The Kier molecular flexibility index (Phi) is 12.6. The zero-order chi connectivity index (χ0) is 31.6. The van der Waals surface area contributed by atoms with Gasteiger partial charge in [-0.05, 0) is 23.7 Å². The first-order valence-electron chi connectivity index (χ1n) is 13.9. The third kappa shape index (κ3) is 10.6. The van der Waals surface area contributed by atoms with Crippen LogP contribution in [0.5, 0.6) is 23.0 Å². The van der Waals surface area contributed by atoms with Gasteiger partial charge in [0.1, 0.15) is 11.5 Å². The lowest BCUT2D eigenvalue weighted by Crippen LogP contribution is -2.21. The molecular formula is C29H42N4O9. The van der Waals surface area contributed by atoms with E-state index >= 15 is 0 Å². The van der Waals surface area contributed by atoms with Gasteiger partial charge in [0.25, 0.3) is 0 Å². The lowest BCUT2D eigenvalue weighted by Gasteiger charge is -2.18. The molecule has 0 fully saturated rings. The van der Waals surface area contributed by atoms with Gasteiger partial charge in [0.15, 0.2) is 0 Å². The quantitative estimate of drug-likeness (QED) is 0.151. The van der Waals surface area contributed by atoms with Crippen molar-refractivity contribution in [2.24, 2.45) is 23.7 Å². The first-order valence-corrected chi connectivity index (χ1v) is 13.9. The fourth-order valence-electron chi connectivity index (χ4n) is 3.35. The lowest BCUT2D eigenvalue weighted by molar-refractivity contribution is -0.386. The molecule has 0 spiro atoms. The highest BCUT2D eigenvalue weighted by atomic mass is 16.6. The highest BCUT2D eigenvalue weighted by molar-refractivity contribution is 6.02. The maximum Gasteiger partial charge on any atom is 0.323 e. The highest BCUT2D eigenvalue weighted by Gasteiger charge is 2.25. The van der Waals surface area contributed by atoms with Gasteiger partial charge in [-0.15, -0.1) is 0 Å². The molecular weight excluding hydrogens is 548 g/mol. The molecule has 0 atom stereocenters. The Balaban J connectivity index is 2.48. The number of nitrogens with one attached hydrogen (secondary N) is 2. The first-order chi connectivity index (χ1) is 19.7. The summed E-state index contributed by atoms with van der Waals surface area (Å²) in [6, 6.07) is 4.25. The van der Waals surface area contributed by atoms with Crippen LogP contribution in [0.1, 0.15) is 55.4 Å². The Morgan fingerprint density at radius 2 is 0.881 bits per heavy atom. The van der Waals surface area contributed by atoms with Gasteiger partial charge in [-0.3, -0.25) is 20.2 Å². The zero-order valence-electron chi connectivity index (χ0n) is 25.5. The Morgan fingerprint density at radius 1 is 0.595 bits per heavy atom. The van der Waals surface area contributed by atoms with Crippen molar-refractivity contribution in [3.8, 4) is 23.0 Å². The number of nitro groups is 2. The number of ether oxygens (including phenoxy) is 4. The third-order valence-corrected chi connectivity index (χ3v) is 5.30. The van der Waals surface area contributed by atoms with E-state index in [2.05, 4.69) is 10.6 Å². The van der Waals surface area contributed by atoms with E-state index in [9.17, 15) is 25.0 Å². The molecule has 0 aliphatic carbocycles. The van der Waals surface area contributed by atoms with Crippen molar-refractivity contribution >= 4 is 28.8 Å². The Bertz CT molecular complexity index is 1150. The zero-order valence-corrected chi connectivity index (χ0v) is 25.5. The molecule has 0 heterocycles. The van der Waals surface area contributed by atoms with Gasteiger partial charge in [0, 0.05) is 24.3 Å². The second-order valence-electron chi connectivity index (χ2n) is 11.5. The van der Waals surface area contributed by atoms with Gasteiger partial charge in [0.05, 0.1) is 47.6 Å².